The van der Waals surface area contributed by atoms with Crippen molar-refractivity contribution in [2.75, 3.05) is 18.0 Å². The minimum Gasteiger partial charge on any atom is -0.481 e. The van der Waals surface area contributed by atoms with Gasteiger partial charge in [0.15, 0.2) is 0 Å². The van der Waals surface area contributed by atoms with Gasteiger partial charge in [-0.05, 0) is 25.0 Å². The summed E-state index contributed by atoms with van der Waals surface area (Å²) in [6, 6.07) is 5.08. The fourth-order valence-corrected chi connectivity index (χ4v) is 2.68. The molecular formula is C13H15ClN2O3. The van der Waals surface area contributed by atoms with Gasteiger partial charge in [0.25, 0.3) is 5.91 Å². The average molecular weight is 283 g/mol. The van der Waals surface area contributed by atoms with E-state index in [-0.39, 0.29) is 5.56 Å². The van der Waals surface area contributed by atoms with Gasteiger partial charge in [-0.1, -0.05) is 17.7 Å². The maximum Gasteiger partial charge on any atom is 0.308 e. The number of amides is 1. The zero-order chi connectivity index (χ0) is 14.0. The molecule has 1 aromatic rings. The normalized spacial score (nSPS) is 19.2. The van der Waals surface area contributed by atoms with Crippen molar-refractivity contribution >= 4 is 29.2 Å². The average Bonchev–Trinajstić information content (AvgIpc) is 2.38. The Bertz CT molecular complexity index is 519. The van der Waals surface area contributed by atoms with Gasteiger partial charge in [-0.15, -0.1) is 0 Å². The molecular weight excluding hydrogens is 268 g/mol. The number of carboxylic acids is 1. The SMILES string of the molecule is NC(=O)c1c(Cl)cccc1N1CCCC(C(=O)O)C1. The Morgan fingerprint density at radius 3 is 2.79 bits per heavy atom. The van der Waals surface area contributed by atoms with Gasteiger partial charge >= 0.3 is 5.97 Å². The van der Waals surface area contributed by atoms with E-state index in [1.54, 1.807) is 18.2 Å². The number of piperidine rings is 1. The molecule has 0 saturated carbocycles. The molecule has 3 N–H and O–H groups in total. The van der Waals surface area contributed by atoms with Crippen molar-refractivity contribution in [1.82, 2.24) is 0 Å². The van der Waals surface area contributed by atoms with Gasteiger partial charge in [0.2, 0.25) is 0 Å². The highest BCUT2D eigenvalue weighted by Gasteiger charge is 2.27. The van der Waals surface area contributed by atoms with Crippen LogP contribution in [0, 0.1) is 5.92 Å². The van der Waals surface area contributed by atoms with Crippen molar-refractivity contribution < 1.29 is 14.7 Å². The van der Waals surface area contributed by atoms with E-state index >= 15 is 0 Å². The molecule has 0 spiro atoms. The predicted molar refractivity (Wildman–Crippen MR) is 72.5 cm³/mol. The molecule has 102 valence electrons. The van der Waals surface area contributed by atoms with Crippen molar-refractivity contribution in [3.8, 4) is 0 Å². The van der Waals surface area contributed by atoms with Gasteiger partial charge < -0.3 is 15.7 Å². The molecule has 1 heterocycles. The van der Waals surface area contributed by atoms with Crippen LogP contribution in [0.1, 0.15) is 23.2 Å². The van der Waals surface area contributed by atoms with Crippen LogP contribution >= 0.6 is 11.6 Å². The van der Waals surface area contributed by atoms with E-state index in [1.165, 1.54) is 0 Å². The zero-order valence-corrected chi connectivity index (χ0v) is 11.1. The number of nitrogens with zero attached hydrogens (tertiary/aromatic N) is 1. The lowest BCUT2D eigenvalue weighted by Gasteiger charge is -2.33. The van der Waals surface area contributed by atoms with Gasteiger partial charge in [0.1, 0.15) is 0 Å². The number of carbonyl (C=O) groups is 2. The van der Waals surface area contributed by atoms with E-state index in [0.717, 1.165) is 6.42 Å². The summed E-state index contributed by atoms with van der Waals surface area (Å²) in [6.45, 7) is 1.07. The summed E-state index contributed by atoms with van der Waals surface area (Å²) < 4.78 is 0. The minimum absolute atomic E-state index is 0.259. The largest absolute Gasteiger partial charge is 0.481 e. The number of nitrogens with two attached hydrogens (primary N) is 1. The van der Waals surface area contributed by atoms with Crippen LogP contribution in [0.25, 0.3) is 0 Å². The second kappa shape index (κ2) is 5.48. The number of rotatable bonds is 3. The van der Waals surface area contributed by atoms with Gasteiger partial charge in [-0.2, -0.15) is 0 Å². The highest BCUT2D eigenvalue weighted by molar-refractivity contribution is 6.34. The van der Waals surface area contributed by atoms with Gasteiger partial charge in [-0.25, -0.2) is 0 Å². The quantitative estimate of drug-likeness (QED) is 0.884. The molecule has 0 radical (unpaired) electrons. The molecule has 6 heteroatoms. The van der Waals surface area contributed by atoms with Gasteiger partial charge in [0.05, 0.1) is 22.2 Å². The molecule has 1 atom stereocenters. The van der Waals surface area contributed by atoms with Crippen molar-refractivity contribution in [2.24, 2.45) is 11.7 Å². The molecule has 1 aliphatic heterocycles. The molecule has 19 heavy (non-hydrogen) atoms. The number of anilines is 1. The van der Waals surface area contributed by atoms with Crippen molar-refractivity contribution in [2.45, 2.75) is 12.8 Å². The minimum atomic E-state index is -0.813. The summed E-state index contributed by atoms with van der Waals surface area (Å²) >= 11 is 6.00. The highest BCUT2D eigenvalue weighted by atomic mass is 35.5. The van der Waals surface area contributed by atoms with Crippen LogP contribution in [-0.4, -0.2) is 30.1 Å². The third-order valence-electron chi connectivity index (χ3n) is 3.35. The highest BCUT2D eigenvalue weighted by Crippen LogP contribution is 2.30. The molecule has 1 aliphatic rings. The Balaban J connectivity index is 2.34. The van der Waals surface area contributed by atoms with Crippen molar-refractivity contribution in [1.29, 1.82) is 0 Å². The Morgan fingerprint density at radius 1 is 1.42 bits per heavy atom. The second-order valence-electron chi connectivity index (χ2n) is 4.62. The summed E-state index contributed by atoms with van der Waals surface area (Å²) in [7, 11) is 0. The molecule has 0 aromatic heterocycles. The van der Waals surface area contributed by atoms with Crippen LogP contribution in [0.5, 0.6) is 0 Å². The maximum atomic E-state index is 11.5. The van der Waals surface area contributed by atoms with Crippen LogP contribution in [0.15, 0.2) is 18.2 Å². The van der Waals surface area contributed by atoms with E-state index in [9.17, 15) is 9.59 Å². The molecule has 1 fully saturated rings. The number of carbonyl (C=O) groups excluding carboxylic acids is 1. The van der Waals surface area contributed by atoms with Crippen molar-refractivity contribution in [3.63, 3.8) is 0 Å². The standard InChI is InChI=1S/C13H15ClN2O3/c14-9-4-1-5-10(11(9)12(15)17)16-6-2-3-8(7-16)13(18)19/h1,4-5,8H,2-3,6-7H2,(H2,15,17)(H,18,19). The van der Waals surface area contributed by atoms with E-state index in [4.69, 9.17) is 22.4 Å². The summed E-state index contributed by atoms with van der Waals surface area (Å²) in [6.07, 6.45) is 1.42. The Labute approximate surface area is 116 Å². The molecule has 1 amide bonds. The van der Waals surface area contributed by atoms with Crippen LogP contribution in [0.2, 0.25) is 5.02 Å². The lowest BCUT2D eigenvalue weighted by Crippen LogP contribution is -2.39. The fourth-order valence-electron chi connectivity index (χ4n) is 2.42. The topological polar surface area (TPSA) is 83.6 Å². The summed E-state index contributed by atoms with van der Waals surface area (Å²) in [5, 5.41) is 9.39. The van der Waals surface area contributed by atoms with E-state index in [1.807, 2.05) is 4.90 Å². The van der Waals surface area contributed by atoms with E-state index in [0.29, 0.717) is 30.2 Å². The molecule has 2 rings (SSSR count). The number of hydrogen-bond acceptors (Lipinski definition) is 3. The number of carboxylic acid groups (broad SMARTS) is 1. The Morgan fingerprint density at radius 2 is 2.16 bits per heavy atom. The molecule has 0 aliphatic carbocycles. The molecule has 0 bridgehead atoms. The first-order valence-corrected chi connectivity index (χ1v) is 6.44. The smallest absolute Gasteiger partial charge is 0.308 e. The first-order valence-electron chi connectivity index (χ1n) is 6.06. The zero-order valence-electron chi connectivity index (χ0n) is 10.3. The summed E-state index contributed by atoms with van der Waals surface area (Å²) in [4.78, 5) is 24.4. The third kappa shape index (κ3) is 2.81. The first-order chi connectivity index (χ1) is 9.00. The predicted octanol–water partition coefficient (Wildman–Crippen LogP) is 1.74. The number of halogens is 1. The molecule has 1 aromatic carbocycles. The van der Waals surface area contributed by atoms with Gasteiger partial charge in [0, 0.05) is 13.1 Å². The number of primary amides is 1. The van der Waals surface area contributed by atoms with Crippen LogP contribution in [0.4, 0.5) is 5.69 Å². The van der Waals surface area contributed by atoms with E-state index in [2.05, 4.69) is 0 Å². The third-order valence-corrected chi connectivity index (χ3v) is 3.66. The Kier molecular flexibility index (Phi) is 3.95. The molecule has 1 saturated heterocycles. The van der Waals surface area contributed by atoms with Gasteiger partial charge in [-0.3, -0.25) is 9.59 Å². The Hall–Kier alpha value is -1.75. The fraction of sp³-hybridized carbons (Fsp3) is 0.385. The van der Waals surface area contributed by atoms with Crippen LogP contribution in [-0.2, 0) is 4.79 Å². The molecule has 1 unspecified atom stereocenters. The van der Waals surface area contributed by atoms with Crippen LogP contribution in [0.3, 0.4) is 0 Å². The monoisotopic (exact) mass is 282 g/mol. The molecule has 5 nitrogen and oxygen atoms in total. The lowest BCUT2D eigenvalue weighted by molar-refractivity contribution is -0.141. The number of benzene rings is 1. The second-order valence-corrected chi connectivity index (χ2v) is 5.03. The van der Waals surface area contributed by atoms with Crippen molar-refractivity contribution in [3.05, 3.63) is 28.8 Å². The van der Waals surface area contributed by atoms with E-state index < -0.39 is 17.8 Å². The maximum absolute atomic E-state index is 11.5. The number of hydrogen-bond donors (Lipinski definition) is 2. The summed E-state index contributed by atoms with van der Waals surface area (Å²) in [5.41, 5.74) is 6.23. The summed E-state index contributed by atoms with van der Waals surface area (Å²) in [5.74, 6) is -1.83. The first kappa shape index (κ1) is 13.7. The number of aliphatic carboxylic acids is 1. The van der Waals surface area contributed by atoms with Crippen LogP contribution < -0.4 is 10.6 Å². The lowest BCUT2D eigenvalue weighted by atomic mass is 9.97.